The summed E-state index contributed by atoms with van der Waals surface area (Å²) in [5, 5.41) is 52.2. The summed E-state index contributed by atoms with van der Waals surface area (Å²) in [6.07, 6.45) is -0.994. The van der Waals surface area contributed by atoms with Gasteiger partial charge in [-0.05, 0) is 64.4 Å². The third-order valence-corrected chi connectivity index (χ3v) is 9.22. The van der Waals surface area contributed by atoms with Gasteiger partial charge in [-0.3, -0.25) is 4.90 Å². The fourth-order valence-corrected chi connectivity index (χ4v) is 7.02. The highest BCUT2D eigenvalue weighted by Gasteiger charge is 2.69. The maximum Gasteiger partial charge on any atom is 0.332 e. The molecule has 1 aliphatic carbocycles. The molecule has 5 N–H and O–H groups in total. The van der Waals surface area contributed by atoms with Crippen LogP contribution in [0, 0.1) is 6.92 Å². The van der Waals surface area contributed by atoms with E-state index < -0.39 is 53.9 Å². The number of piperidine rings is 1. The van der Waals surface area contributed by atoms with Gasteiger partial charge in [0.2, 0.25) is 0 Å². The molecule has 0 aromatic heterocycles. The molecule has 0 amide bonds. The number of aliphatic hydroxyl groups is 3. The Hall–Kier alpha value is -2.70. The molecule has 3 unspecified atom stereocenters. The minimum absolute atomic E-state index is 0.0453. The van der Waals surface area contributed by atoms with E-state index in [9.17, 15) is 30.0 Å². The van der Waals surface area contributed by atoms with Gasteiger partial charge in [0, 0.05) is 31.0 Å². The summed E-state index contributed by atoms with van der Waals surface area (Å²) in [6, 6.07) is 2.27. The third kappa shape index (κ3) is 3.83. The summed E-state index contributed by atoms with van der Waals surface area (Å²) in [6.45, 7) is 4.88. The number of benzene rings is 1. The second kappa shape index (κ2) is 9.49. The molecule has 2 fully saturated rings. The zero-order valence-corrected chi connectivity index (χ0v) is 21.8. The Morgan fingerprint density at radius 2 is 2.00 bits per heavy atom. The molecule has 4 aliphatic rings. The molecule has 38 heavy (non-hydrogen) atoms. The van der Waals surface area contributed by atoms with Crippen LogP contribution in [-0.4, -0.2) is 104 Å². The molecule has 1 spiro atoms. The number of carboxylic acids is 1. The van der Waals surface area contributed by atoms with Crippen molar-refractivity contribution in [2.45, 2.75) is 87.5 Å². The van der Waals surface area contributed by atoms with E-state index in [0.29, 0.717) is 32.4 Å². The van der Waals surface area contributed by atoms with Crippen LogP contribution in [0.1, 0.15) is 50.2 Å². The van der Waals surface area contributed by atoms with E-state index in [4.69, 9.17) is 14.6 Å². The molecule has 1 aromatic rings. The Morgan fingerprint density at radius 1 is 1.26 bits per heavy atom. The first-order chi connectivity index (χ1) is 17.9. The lowest BCUT2D eigenvalue weighted by molar-refractivity contribution is -0.166. The van der Waals surface area contributed by atoms with E-state index in [0.717, 1.165) is 11.1 Å². The molecule has 5 rings (SSSR count). The van der Waals surface area contributed by atoms with Crippen molar-refractivity contribution in [3.63, 3.8) is 0 Å². The average molecular weight is 533 g/mol. The van der Waals surface area contributed by atoms with Crippen molar-refractivity contribution in [3.05, 3.63) is 35.1 Å². The number of carboxylic acid groups (broad SMARTS) is 1. The molecule has 0 saturated carbocycles. The quantitative estimate of drug-likeness (QED) is 0.327. The standard InChI is InChI=1S/C27H36N2O9/c1-14-6-7-17(30)22-21(14)26-10-12-28(3)15(2)27(26,36)9-8-19(23(26)38-22)37-25(35)16-5-4-11-29(16)20(32)13-18(31)24(33)34/h6-8,15-16,18,20,23,30-32,36H,4-5,9-13H2,1-3H3,(H,33,34)/t15-,16+,18+,20?,23?,26?,27-/m1/s1. The number of nitrogens with zero attached hydrogens (tertiary/aromatic N) is 2. The first-order valence-corrected chi connectivity index (χ1v) is 13.1. The first kappa shape index (κ1) is 26.9. The number of likely N-dealkylation sites (N-methyl/N-ethyl adjacent to an activating group) is 1. The molecular weight excluding hydrogens is 496 g/mol. The lowest BCUT2D eigenvalue weighted by atomic mass is 9.54. The summed E-state index contributed by atoms with van der Waals surface area (Å²) in [4.78, 5) is 28.0. The fraction of sp³-hybridized carbons (Fsp3) is 0.630. The number of hydrogen-bond acceptors (Lipinski definition) is 10. The summed E-state index contributed by atoms with van der Waals surface area (Å²) in [7, 11) is 1.96. The van der Waals surface area contributed by atoms with Gasteiger partial charge < -0.3 is 39.9 Å². The number of phenolic OH excluding ortho intramolecular Hbond substituents is 1. The maximum absolute atomic E-state index is 13.4. The average Bonchev–Trinajstić information content (AvgIpc) is 3.50. The van der Waals surface area contributed by atoms with Gasteiger partial charge >= 0.3 is 11.9 Å². The Balaban J connectivity index is 1.46. The number of aliphatic carboxylic acids is 1. The van der Waals surface area contributed by atoms with E-state index in [-0.39, 0.29) is 29.7 Å². The van der Waals surface area contributed by atoms with E-state index in [1.165, 1.54) is 4.90 Å². The van der Waals surface area contributed by atoms with Gasteiger partial charge in [-0.2, -0.15) is 0 Å². The number of aromatic hydroxyl groups is 1. The lowest BCUT2D eigenvalue weighted by Crippen LogP contribution is -2.71. The van der Waals surface area contributed by atoms with Crippen molar-refractivity contribution in [2.75, 3.05) is 20.1 Å². The normalized spacial score (nSPS) is 34.4. The highest BCUT2D eigenvalue weighted by atomic mass is 16.6. The van der Waals surface area contributed by atoms with Gasteiger partial charge in [0.05, 0.1) is 11.0 Å². The molecule has 11 heteroatoms. The molecule has 2 saturated heterocycles. The van der Waals surface area contributed by atoms with Gasteiger partial charge in [-0.15, -0.1) is 0 Å². The van der Waals surface area contributed by atoms with Gasteiger partial charge in [0.1, 0.15) is 18.0 Å². The molecule has 3 aliphatic heterocycles. The Kier molecular flexibility index (Phi) is 6.72. The second-order valence-corrected chi connectivity index (χ2v) is 11.1. The van der Waals surface area contributed by atoms with Crippen molar-refractivity contribution >= 4 is 11.9 Å². The van der Waals surface area contributed by atoms with Crippen LogP contribution in [0.3, 0.4) is 0 Å². The maximum atomic E-state index is 13.4. The first-order valence-electron chi connectivity index (χ1n) is 13.1. The van der Waals surface area contributed by atoms with Crippen LogP contribution < -0.4 is 4.74 Å². The number of fused-ring (bicyclic) bond motifs is 1. The van der Waals surface area contributed by atoms with E-state index in [1.807, 2.05) is 20.9 Å². The molecule has 11 nitrogen and oxygen atoms in total. The molecule has 0 bridgehead atoms. The number of carbonyl (C=O) groups is 2. The van der Waals surface area contributed by atoms with E-state index in [2.05, 4.69) is 4.90 Å². The summed E-state index contributed by atoms with van der Waals surface area (Å²) in [5.74, 6) is -1.58. The number of ether oxygens (including phenoxy) is 2. The molecule has 208 valence electrons. The number of likely N-dealkylation sites (tertiary alicyclic amines) is 2. The largest absolute Gasteiger partial charge is 0.504 e. The van der Waals surface area contributed by atoms with Crippen molar-refractivity contribution < 1.29 is 44.6 Å². The van der Waals surface area contributed by atoms with Crippen LogP contribution in [0.2, 0.25) is 0 Å². The SMILES string of the molecule is Cc1ccc(O)c2c1C13CCN(C)[C@H](C)[C@]1(O)CC=C(OC(=O)[C@@H]1CCCN1C(O)C[C@H](O)C(=O)O)C3O2. The minimum Gasteiger partial charge on any atom is -0.504 e. The number of phenols is 1. The highest BCUT2D eigenvalue weighted by Crippen LogP contribution is 2.62. The van der Waals surface area contributed by atoms with Gasteiger partial charge in [-0.1, -0.05) is 6.07 Å². The van der Waals surface area contributed by atoms with Gasteiger partial charge in [0.25, 0.3) is 0 Å². The van der Waals surface area contributed by atoms with Crippen LogP contribution in [-0.2, 0) is 19.7 Å². The number of aliphatic hydroxyl groups excluding tert-OH is 2. The highest BCUT2D eigenvalue weighted by molar-refractivity contribution is 5.78. The molecule has 0 radical (unpaired) electrons. The van der Waals surface area contributed by atoms with E-state index in [1.54, 1.807) is 18.2 Å². The summed E-state index contributed by atoms with van der Waals surface area (Å²) >= 11 is 0. The van der Waals surface area contributed by atoms with Crippen molar-refractivity contribution in [1.82, 2.24) is 9.80 Å². The van der Waals surface area contributed by atoms with Gasteiger partial charge in [0.15, 0.2) is 23.7 Å². The van der Waals surface area contributed by atoms with Crippen LogP contribution in [0.5, 0.6) is 11.5 Å². The second-order valence-electron chi connectivity index (χ2n) is 11.1. The van der Waals surface area contributed by atoms with Crippen molar-refractivity contribution in [3.8, 4) is 11.5 Å². The summed E-state index contributed by atoms with van der Waals surface area (Å²) in [5.41, 5.74) is -0.619. The molecule has 1 aromatic carbocycles. The van der Waals surface area contributed by atoms with Crippen molar-refractivity contribution in [1.29, 1.82) is 0 Å². The summed E-state index contributed by atoms with van der Waals surface area (Å²) < 4.78 is 12.3. The molecule has 7 atom stereocenters. The Bertz CT molecular complexity index is 1170. The molecular formula is C27H36N2O9. The van der Waals surface area contributed by atoms with Gasteiger partial charge in [-0.25, -0.2) is 9.59 Å². The topological polar surface area (TPSA) is 160 Å². The zero-order valence-electron chi connectivity index (χ0n) is 21.8. The van der Waals surface area contributed by atoms with Crippen molar-refractivity contribution in [2.24, 2.45) is 0 Å². The number of carbonyl (C=O) groups excluding carboxylic acids is 1. The number of esters is 1. The predicted octanol–water partition coefficient (Wildman–Crippen LogP) is 0.604. The third-order valence-electron chi connectivity index (χ3n) is 9.22. The van der Waals surface area contributed by atoms with Crippen LogP contribution in [0.4, 0.5) is 0 Å². The fourth-order valence-electron chi connectivity index (χ4n) is 7.02. The predicted molar refractivity (Wildman–Crippen MR) is 133 cm³/mol. The zero-order chi connectivity index (χ0) is 27.6. The smallest absolute Gasteiger partial charge is 0.332 e. The number of aryl methyl sites for hydroxylation is 1. The van der Waals surface area contributed by atoms with E-state index >= 15 is 0 Å². The minimum atomic E-state index is -1.76. The van der Waals surface area contributed by atoms with Crippen LogP contribution in [0.15, 0.2) is 24.0 Å². The lowest BCUT2D eigenvalue weighted by Gasteiger charge is -2.58. The van der Waals surface area contributed by atoms with Crippen LogP contribution >= 0.6 is 0 Å². The van der Waals surface area contributed by atoms with Crippen LogP contribution in [0.25, 0.3) is 0 Å². The number of rotatable bonds is 6. The monoisotopic (exact) mass is 532 g/mol. The Labute approximate surface area is 220 Å². The molecule has 3 heterocycles. The Morgan fingerprint density at radius 3 is 2.71 bits per heavy atom. The number of hydrogen-bond donors (Lipinski definition) is 5.